The average molecular weight is 247 g/mol. The largest absolute Gasteiger partial charge is 0.450 e. The van der Waals surface area contributed by atoms with Crippen molar-refractivity contribution in [3.63, 3.8) is 0 Å². The molecule has 5 nitrogen and oxygen atoms in total. The summed E-state index contributed by atoms with van der Waals surface area (Å²) in [6, 6.07) is 9.74. The van der Waals surface area contributed by atoms with E-state index < -0.39 is 0 Å². The molecule has 1 aliphatic heterocycles. The zero-order valence-corrected chi connectivity index (χ0v) is 10.4. The van der Waals surface area contributed by atoms with Crippen molar-refractivity contribution < 1.29 is 9.53 Å². The Morgan fingerprint density at radius 1 is 1.44 bits per heavy atom. The van der Waals surface area contributed by atoms with Gasteiger partial charge in [0.25, 0.3) is 0 Å². The molecule has 1 heterocycles. The van der Waals surface area contributed by atoms with Gasteiger partial charge in [-0.3, -0.25) is 5.43 Å². The molecule has 1 N–H and O–H groups in total. The predicted molar refractivity (Wildman–Crippen MR) is 70.7 cm³/mol. The number of nitrogens with one attached hydrogen (secondary N) is 1. The molecule has 1 amide bonds. The maximum absolute atomic E-state index is 11.5. The van der Waals surface area contributed by atoms with E-state index in [9.17, 15) is 4.79 Å². The van der Waals surface area contributed by atoms with E-state index in [0.717, 1.165) is 17.8 Å². The molecule has 0 saturated carbocycles. The Labute approximate surface area is 106 Å². The Morgan fingerprint density at radius 3 is 2.94 bits per heavy atom. The quantitative estimate of drug-likeness (QED) is 0.834. The van der Waals surface area contributed by atoms with E-state index in [4.69, 9.17) is 4.74 Å². The van der Waals surface area contributed by atoms with Crippen molar-refractivity contribution in [2.24, 2.45) is 5.10 Å². The molecule has 0 atom stereocenters. The van der Waals surface area contributed by atoms with Crippen molar-refractivity contribution in [2.75, 3.05) is 25.1 Å². The third-order valence-corrected chi connectivity index (χ3v) is 2.69. The second kappa shape index (κ2) is 6.05. The van der Waals surface area contributed by atoms with Gasteiger partial charge in [0.1, 0.15) is 0 Å². The summed E-state index contributed by atoms with van der Waals surface area (Å²) in [7, 11) is 0. The van der Waals surface area contributed by atoms with Gasteiger partial charge in [-0.1, -0.05) is 18.2 Å². The van der Waals surface area contributed by atoms with Crippen LogP contribution in [0.2, 0.25) is 0 Å². The summed E-state index contributed by atoms with van der Waals surface area (Å²) in [6.45, 7) is 3.43. The molecule has 1 fully saturated rings. The Kier molecular flexibility index (Phi) is 4.17. The number of para-hydroxylation sites is 1. The minimum Gasteiger partial charge on any atom is -0.450 e. The third-order valence-electron chi connectivity index (χ3n) is 2.69. The summed E-state index contributed by atoms with van der Waals surface area (Å²) in [4.78, 5) is 13.2. The summed E-state index contributed by atoms with van der Waals surface area (Å²) in [5, 5.41) is 4.30. The first-order chi connectivity index (χ1) is 8.79. The molecular weight excluding hydrogens is 230 g/mol. The molecular formula is C13H17N3O2. The fourth-order valence-electron chi connectivity index (χ4n) is 1.76. The summed E-state index contributed by atoms with van der Waals surface area (Å²) in [5.74, 6) is 0. The highest BCUT2D eigenvalue weighted by Crippen LogP contribution is 2.10. The number of ether oxygens (including phenoxy) is 1. The van der Waals surface area contributed by atoms with Crippen LogP contribution in [0.5, 0.6) is 0 Å². The third kappa shape index (κ3) is 3.23. The van der Waals surface area contributed by atoms with Crippen molar-refractivity contribution >= 4 is 17.5 Å². The van der Waals surface area contributed by atoms with E-state index in [1.54, 1.807) is 11.8 Å². The van der Waals surface area contributed by atoms with Crippen LogP contribution >= 0.6 is 0 Å². The first-order valence-corrected chi connectivity index (χ1v) is 6.08. The van der Waals surface area contributed by atoms with Gasteiger partial charge in [-0.2, -0.15) is 5.10 Å². The molecule has 0 aromatic heterocycles. The van der Waals surface area contributed by atoms with E-state index in [1.165, 1.54) is 0 Å². The van der Waals surface area contributed by atoms with Crippen molar-refractivity contribution in [2.45, 2.75) is 13.3 Å². The monoisotopic (exact) mass is 247 g/mol. The molecule has 1 aliphatic rings. The highest BCUT2D eigenvalue weighted by molar-refractivity contribution is 5.92. The van der Waals surface area contributed by atoms with Crippen LogP contribution in [0.1, 0.15) is 13.3 Å². The molecule has 18 heavy (non-hydrogen) atoms. The van der Waals surface area contributed by atoms with Gasteiger partial charge in [0, 0.05) is 13.0 Å². The van der Waals surface area contributed by atoms with E-state index in [1.807, 2.05) is 30.3 Å². The Morgan fingerprint density at radius 2 is 2.22 bits per heavy atom. The van der Waals surface area contributed by atoms with Crippen LogP contribution in [0.3, 0.4) is 0 Å². The molecule has 0 bridgehead atoms. The SMILES string of the molecule is CCOC(=O)N1CCC(=NNc2ccccc2)C1. The molecule has 0 unspecified atom stereocenters. The molecule has 0 radical (unpaired) electrons. The zero-order chi connectivity index (χ0) is 12.8. The van der Waals surface area contributed by atoms with Crippen LogP contribution in [0.4, 0.5) is 10.5 Å². The molecule has 96 valence electrons. The van der Waals surface area contributed by atoms with Gasteiger partial charge in [-0.25, -0.2) is 4.79 Å². The Bertz CT molecular complexity index is 431. The molecule has 1 aromatic carbocycles. The molecule has 0 aliphatic carbocycles. The standard InChI is InChI=1S/C13H17N3O2/c1-2-18-13(17)16-9-8-12(10-16)15-14-11-6-4-3-5-7-11/h3-7,14H,2,8-10H2,1H3. The lowest BCUT2D eigenvalue weighted by atomic mass is 10.3. The van der Waals surface area contributed by atoms with Gasteiger partial charge in [0.05, 0.1) is 24.6 Å². The Hall–Kier alpha value is -2.04. The molecule has 1 saturated heterocycles. The fraction of sp³-hybridized carbons (Fsp3) is 0.385. The average Bonchev–Trinajstić information content (AvgIpc) is 2.87. The minimum atomic E-state index is -0.262. The number of carbonyl (C=O) groups is 1. The second-order valence-electron chi connectivity index (χ2n) is 4.03. The van der Waals surface area contributed by atoms with Crippen LogP contribution < -0.4 is 5.43 Å². The molecule has 5 heteroatoms. The lowest BCUT2D eigenvalue weighted by Gasteiger charge is -2.13. The number of likely N-dealkylation sites (tertiary alicyclic amines) is 1. The number of nitrogens with zero attached hydrogens (tertiary/aromatic N) is 2. The number of carbonyl (C=O) groups excluding carboxylic acids is 1. The number of benzene rings is 1. The number of anilines is 1. The molecule has 2 rings (SSSR count). The van der Waals surface area contributed by atoms with Gasteiger partial charge in [0.15, 0.2) is 0 Å². The van der Waals surface area contributed by atoms with E-state index in [2.05, 4.69) is 10.5 Å². The lowest BCUT2D eigenvalue weighted by molar-refractivity contribution is 0.117. The number of hydrazone groups is 1. The fourth-order valence-corrected chi connectivity index (χ4v) is 1.76. The summed E-state index contributed by atoms with van der Waals surface area (Å²) < 4.78 is 4.95. The van der Waals surface area contributed by atoms with Gasteiger partial charge < -0.3 is 9.64 Å². The summed E-state index contributed by atoms with van der Waals surface area (Å²) >= 11 is 0. The number of hydrogen-bond acceptors (Lipinski definition) is 4. The second-order valence-corrected chi connectivity index (χ2v) is 4.03. The van der Waals surface area contributed by atoms with Crippen molar-refractivity contribution in [1.82, 2.24) is 4.90 Å². The highest BCUT2D eigenvalue weighted by atomic mass is 16.6. The first kappa shape index (κ1) is 12.4. The number of rotatable bonds is 3. The first-order valence-electron chi connectivity index (χ1n) is 6.08. The number of amides is 1. The predicted octanol–water partition coefficient (Wildman–Crippen LogP) is 2.32. The lowest BCUT2D eigenvalue weighted by Crippen LogP contribution is -2.29. The van der Waals surface area contributed by atoms with Gasteiger partial charge >= 0.3 is 6.09 Å². The summed E-state index contributed by atoms with van der Waals surface area (Å²) in [5.41, 5.74) is 4.90. The normalized spacial score (nSPS) is 16.9. The van der Waals surface area contributed by atoms with Crippen molar-refractivity contribution in [1.29, 1.82) is 0 Å². The van der Waals surface area contributed by atoms with E-state index in [0.29, 0.717) is 19.7 Å². The van der Waals surface area contributed by atoms with Gasteiger partial charge in [-0.15, -0.1) is 0 Å². The number of hydrogen-bond donors (Lipinski definition) is 1. The maximum Gasteiger partial charge on any atom is 0.410 e. The van der Waals surface area contributed by atoms with Crippen LogP contribution in [0.25, 0.3) is 0 Å². The van der Waals surface area contributed by atoms with Crippen LogP contribution in [0.15, 0.2) is 35.4 Å². The van der Waals surface area contributed by atoms with Gasteiger partial charge in [-0.05, 0) is 19.1 Å². The topological polar surface area (TPSA) is 53.9 Å². The van der Waals surface area contributed by atoms with E-state index >= 15 is 0 Å². The Balaban J connectivity index is 1.87. The zero-order valence-electron chi connectivity index (χ0n) is 10.4. The van der Waals surface area contributed by atoms with Crippen LogP contribution in [-0.2, 0) is 4.74 Å². The van der Waals surface area contributed by atoms with Crippen molar-refractivity contribution in [3.05, 3.63) is 30.3 Å². The van der Waals surface area contributed by atoms with Crippen LogP contribution in [0, 0.1) is 0 Å². The highest BCUT2D eigenvalue weighted by Gasteiger charge is 2.23. The molecule has 1 aromatic rings. The van der Waals surface area contributed by atoms with Crippen LogP contribution in [-0.4, -0.2) is 36.4 Å². The smallest absolute Gasteiger partial charge is 0.410 e. The van der Waals surface area contributed by atoms with Crippen molar-refractivity contribution in [3.8, 4) is 0 Å². The minimum absolute atomic E-state index is 0.262. The van der Waals surface area contributed by atoms with E-state index in [-0.39, 0.29) is 6.09 Å². The summed E-state index contributed by atoms with van der Waals surface area (Å²) in [6.07, 6.45) is 0.529. The van der Waals surface area contributed by atoms with Gasteiger partial charge in [0.2, 0.25) is 0 Å². The maximum atomic E-state index is 11.5. The molecule has 0 spiro atoms.